The number of aryl methyl sites for hydroxylation is 1. The van der Waals surface area contributed by atoms with Crippen LogP contribution in [-0.4, -0.2) is 5.91 Å². The van der Waals surface area contributed by atoms with Crippen molar-refractivity contribution in [1.29, 1.82) is 0 Å². The van der Waals surface area contributed by atoms with Gasteiger partial charge in [0.15, 0.2) is 0 Å². The second-order valence-corrected chi connectivity index (χ2v) is 4.63. The summed E-state index contributed by atoms with van der Waals surface area (Å²) in [6.07, 6.45) is -0.0268. The highest BCUT2D eigenvalue weighted by atomic mass is 19.1. The minimum Gasteiger partial charge on any atom is -0.352 e. The third-order valence-electron chi connectivity index (χ3n) is 3.03. The molecule has 0 aliphatic heterocycles. The molecule has 0 heterocycles. The summed E-state index contributed by atoms with van der Waals surface area (Å²) < 4.78 is 26.7. The van der Waals surface area contributed by atoms with E-state index in [4.69, 9.17) is 0 Å². The van der Waals surface area contributed by atoms with Gasteiger partial charge < -0.3 is 5.32 Å². The molecule has 0 aromatic heterocycles. The lowest BCUT2D eigenvalue weighted by Crippen LogP contribution is -2.25. The first-order valence-electron chi connectivity index (χ1n) is 6.31. The van der Waals surface area contributed by atoms with Gasteiger partial charge in [-0.05, 0) is 35.7 Å². The molecule has 0 saturated heterocycles. The Morgan fingerprint density at radius 1 is 1.10 bits per heavy atom. The van der Waals surface area contributed by atoms with Crippen molar-refractivity contribution in [3.63, 3.8) is 0 Å². The molecule has 1 amide bonds. The Bertz CT molecular complexity index is 626. The molecule has 0 spiro atoms. The first kappa shape index (κ1) is 14.2. The zero-order chi connectivity index (χ0) is 14.5. The van der Waals surface area contributed by atoms with E-state index in [1.54, 1.807) is 37.3 Å². The SMILES string of the molecule is Cc1ccc(CNC(=O)Cc2ccccc2F)cc1F. The smallest absolute Gasteiger partial charge is 0.224 e. The van der Waals surface area contributed by atoms with Crippen LogP contribution in [0.4, 0.5) is 8.78 Å². The first-order valence-corrected chi connectivity index (χ1v) is 6.31. The number of benzene rings is 2. The summed E-state index contributed by atoms with van der Waals surface area (Å²) in [4.78, 5) is 11.7. The average molecular weight is 275 g/mol. The van der Waals surface area contributed by atoms with Gasteiger partial charge in [-0.15, -0.1) is 0 Å². The quantitative estimate of drug-likeness (QED) is 0.912. The maximum Gasteiger partial charge on any atom is 0.224 e. The normalized spacial score (nSPS) is 10.3. The highest BCUT2D eigenvalue weighted by Crippen LogP contribution is 2.10. The van der Waals surface area contributed by atoms with E-state index in [1.165, 1.54) is 12.1 Å². The Kier molecular flexibility index (Phi) is 4.45. The molecule has 104 valence electrons. The molecule has 0 fully saturated rings. The fourth-order valence-corrected chi connectivity index (χ4v) is 1.82. The Balaban J connectivity index is 1.92. The maximum atomic E-state index is 13.4. The zero-order valence-electron chi connectivity index (χ0n) is 11.1. The van der Waals surface area contributed by atoms with Gasteiger partial charge >= 0.3 is 0 Å². The summed E-state index contributed by atoms with van der Waals surface area (Å²) in [6, 6.07) is 10.9. The molecule has 0 atom stereocenters. The van der Waals surface area contributed by atoms with Gasteiger partial charge in [-0.1, -0.05) is 30.3 Å². The average Bonchev–Trinajstić information content (AvgIpc) is 2.43. The van der Waals surface area contributed by atoms with E-state index in [0.29, 0.717) is 16.7 Å². The van der Waals surface area contributed by atoms with E-state index < -0.39 is 5.82 Å². The second kappa shape index (κ2) is 6.28. The third-order valence-corrected chi connectivity index (χ3v) is 3.03. The van der Waals surface area contributed by atoms with Gasteiger partial charge in [-0.3, -0.25) is 4.79 Å². The molecule has 0 bridgehead atoms. The van der Waals surface area contributed by atoms with E-state index in [2.05, 4.69) is 5.32 Å². The van der Waals surface area contributed by atoms with Crippen LogP contribution in [0.2, 0.25) is 0 Å². The molecule has 2 nitrogen and oxygen atoms in total. The van der Waals surface area contributed by atoms with E-state index in [-0.39, 0.29) is 24.7 Å². The molecule has 0 radical (unpaired) electrons. The molecule has 0 aliphatic rings. The van der Waals surface area contributed by atoms with Gasteiger partial charge in [0.05, 0.1) is 6.42 Å². The van der Waals surface area contributed by atoms with E-state index >= 15 is 0 Å². The number of rotatable bonds is 4. The minimum atomic E-state index is -0.399. The van der Waals surface area contributed by atoms with Crippen molar-refractivity contribution in [2.75, 3.05) is 0 Å². The zero-order valence-corrected chi connectivity index (χ0v) is 11.1. The number of halogens is 2. The Morgan fingerprint density at radius 2 is 1.85 bits per heavy atom. The molecule has 2 rings (SSSR count). The first-order chi connectivity index (χ1) is 9.56. The lowest BCUT2D eigenvalue weighted by atomic mass is 10.1. The van der Waals surface area contributed by atoms with Crippen molar-refractivity contribution in [2.45, 2.75) is 19.9 Å². The minimum absolute atomic E-state index is 0.0268. The maximum absolute atomic E-state index is 13.4. The third kappa shape index (κ3) is 3.63. The highest BCUT2D eigenvalue weighted by Gasteiger charge is 2.07. The summed E-state index contributed by atoms with van der Waals surface area (Å²) in [6.45, 7) is 1.90. The molecule has 0 aliphatic carbocycles. The molecule has 1 N–H and O–H groups in total. The summed E-state index contributed by atoms with van der Waals surface area (Å²) in [5.74, 6) is -0.994. The monoisotopic (exact) mass is 275 g/mol. The standard InChI is InChI=1S/C16H15F2NO/c1-11-6-7-12(8-15(11)18)10-19-16(20)9-13-4-2-3-5-14(13)17/h2-8H,9-10H2,1H3,(H,19,20). The fraction of sp³-hybridized carbons (Fsp3) is 0.188. The number of amides is 1. The van der Waals surface area contributed by atoms with Gasteiger partial charge in [0.1, 0.15) is 11.6 Å². The van der Waals surface area contributed by atoms with Crippen LogP contribution < -0.4 is 5.32 Å². The molecular weight excluding hydrogens is 260 g/mol. The Hall–Kier alpha value is -2.23. The van der Waals surface area contributed by atoms with E-state index in [1.807, 2.05) is 0 Å². The van der Waals surface area contributed by atoms with Crippen LogP contribution >= 0.6 is 0 Å². The Labute approximate surface area is 116 Å². The molecule has 0 saturated carbocycles. The van der Waals surface area contributed by atoms with Gasteiger partial charge in [-0.25, -0.2) is 8.78 Å². The predicted octanol–water partition coefficient (Wildman–Crippen LogP) is 3.13. The number of nitrogens with one attached hydrogen (secondary N) is 1. The molecule has 0 unspecified atom stereocenters. The largest absolute Gasteiger partial charge is 0.352 e. The second-order valence-electron chi connectivity index (χ2n) is 4.63. The van der Waals surface area contributed by atoms with Crippen LogP contribution in [0.5, 0.6) is 0 Å². The van der Waals surface area contributed by atoms with Gasteiger partial charge in [0.2, 0.25) is 5.91 Å². The molecule has 2 aromatic carbocycles. The summed E-state index contributed by atoms with van der Waals surface area (Å²) in [5.41, 5.74) is 1.58. The lowest BCUT2D eigenvalue weighted by molar-refractivity contribution is -0.120. The van der Waals surface area contributed by atoms with Crippen LogP contribution in [0, 0.1) is 18.6 Å². The predicted molar refractivity (Wildman–Crippen MR) is 73.1 cm³/mol. The van der Waals surface area contributed by atoms with Gasteiger partial charge in [-0.2, -0.15) is 0 Å². The van der Waals surface area contributed by atoms with Crippen LogP contribution in [-0.2, 0) is 17.8 Å². The van der Waals surface area contributed by atoms with Crippen molar-refractivity contribution >= 4 is 5.91 Å². The fourth-order valence-electron chi connectivity index (χ4n) is 1.82. The molecule has 20 heavy (non-hydrogen) atoms. The van der Waals surface area contributed by atoms with E-state index in [0.717, 1.165) is 0 Å². The number of carbonyl (C=O) groups is 1. The van der Waals surface area contributed by atoms with Crippen molar-refractivity contribution in [3.05, 3.63) is 70.8 Å². The summed E-state index contributed by atoms with van der Waals surface area (Å²) >= 11 is 0. The molecular formula is C16H15F2NO. The van der Waals surface area contributed by atoms with E-state index in [9.17, 15) is 13.6 Å². The number of hydrogen-bond donors (Lipinski definition) is 1. The molecule has 4 heteroatoms. The topological polar surface area (TPSA) is 29.1 Å². The van der Waals surface area contributed by atoms with Crippen LogP contribution in [0.3, 0.4) is 0 Å². The summed E-state index contributed by atoms with van der Waals surface area (Å²) in [5, 5.41) is 2.65. The lowest BCUT2D eigenvalue weighted by Gasteiger charge is -2.07. The van der Waals surface area contributed by atoms with Crippen molar-refractivity contribution < 1.29 is 13.6 Å². The van der Waals surface area contributed by atoms with Crippen LogP contribution in [0.15, 0.2) is 42.5 Å². The number of carbonyl (C=O) groups excluding carboxylic acids is 1. The van der Waals surface area contributed by atoms with Crippen molar-refractivity contribution in [3.8, 4) is 0 Å². The Morgan fingerprint density at radius 3 is 2.55 bits per heavy atom. The van der Waals surface area contributed by atoms with Crippen LogP contribution in [0.1, 0.15) is 16.7 Å². The molecule has 2 aromatic rings. The van der Waals surface area contributed by atoms with Gasteiger partial charge in [0, 0.05) is 6.54 Å². The number of hydrogen-bond acceptors (Lipinski definition) is 1. The highest BCUT2D eigenvalue weighted by molar-refractivity contribution is 5.78. The summed E-state index contributed by atoms with van der Waals surface area (Å²) in [7, 11) is 0. The van der Waals surface area contributed by atoms with Crippen LogP contribution in [0.25, 0.3) is 0 Å². The van der Waals surface area contributed by atoms with Crippen molar-refractivity contribution in [1.82, 2.24) is 5.32 Å². The van der Waals surface area contributed by atoms with Gasteiger partial charge in [0.25, 0.3) is 0 Å². The van der Waals surface area contributed by atoms with Crippen molar-refractivity contribution in [2.24, 2.45) is 0 Å².